The van der Waals surface area contributed by atoms with Gasteiger partial charge in [-0.15, -0.1) is 0 Å². The Morgan fingerprint density at radius 1 is 1.50 bits per heavy atom. The maximum absolute atomic E-state index is 13.5. The van der Waals surface area contributed by atoms with Crippen molar-refractivity contribution in [3.63, 3.8) is 0 Å². The van der Waals surface area contributed by atoms with Crippen molar-refractivity contribution >= 4 is 11.5 Å². The van der Waals surface area contributed by atoms with E-state index in [4.69, 9.17) is 10.5 Å². The molecule has 2 aromatic rings. The van der Waals surface area contributed by atoms with Crippen molar-refractivity contribution in [1.82, 2.24) is 9.78 Å². The fraction of sp³-hybridized carbons (Fsp3) is 0.286. The number of carbonyl (C=O) groups excluding carboxylic acids is 1. The Bertz CT molecular complexity index is 637. The quantitative estimate of drug-likeness (QED) is 0.672. The number of halogens is 1. The number of ether oxygens (including phenoxy) is 1. The van der Waals surface area contributed by atoms with Gasteiger partial charge in [0.2, 0.25) is 5.78 Å². The van der Waals surface area contributed by atoms with Gasteiger partial charge in [0.15, 0.2) is 11.4 Å². The van der Waals surface area contributed by atoms with E-state index in [1.165, 1.54) is 31.5 Å². The molecule has 0 unspecified atom stereocenters. The van der Waals surface area contributed by atoms with Crippen LogP contribution in [0, 0.1) is 5.82 Å². The average Bonchev–Trinajstić information content (AvgIpc) is 2.84. The van der Waals surface area contributed by atoms with E-state index in [-0.39, 0.29) is 16.9 Å². The van der Waals surface area contributed by atoms with E-state index >= 15 is 0 Å². The van der Waals surface area contributed by atoms with Crippen LogP contribution in [0.15, 0.2) is 24.4 Å². The maximum atomic E-state index is 13.5. The van der Waals surface area contributed by atoms with Crippen molar-refractivity contribution < 1.29 is 13.9 Å². The maximum Gasteiger partial charge on any atom is 0.217 e. The van der Waals surface area contributed by atoms with Crippen LogP contribution in [0.4, 0.5) is 10.1 Å². The molecule has 6 heteroatoms. The number of benzene rings is 1. The Morgan fingerprint density at radius 2 is 2.25 bits per heavy atom. The molecular formula is C14H16FN3O2. The Kier molecular flexibility index (Phi) is 4.02. The summed E-state index contributed by atoms with van der Waals surface area (Å²) in [6.45, 7) is 2.54. The lowest BCUT2D eigenvalue weighted by atomic mass is 10.1. The van der Waals surface area contributed by atoms with Gasteiger partial charge in [-0.05, 0) is 18.6 Å². The van der Waals surface area contributed by atoms with Gasteiger partial charge in [0.05, 0.1) is 24.6 Å². The average molecular weight is 277 g/mol. The number of methoxy groups -OCH3 is 1. The molecular weight excluding hydrogens is 261 g/mol. The van der Waals surface area contributed by atoms with E-state index in [0.29, 0.717) is 12.3 Å². The molecule has 106 valence electrons. The molecule has 0 fully saturated rings. The number of rotatable bonds is 5. The molecule has 0 aliphatic rings. The Morgan fingerprint density at radius 3 is 2.90 bits per heavy atom. The lowest BCUT2D eigenvalue weighted by Gasteiger charge is -2.09. The van der Waals surface area contributed by atoms with Gasteiger partial charge in [-0.3, -0.25) is 9.48 Å². The van der Waals surface area contributed by atoms with Crippen LogP contribution in [0.3, 0.4) is 0 Å². The van der Waals surface area contributed by atoms with Crippen LogP contribution in [0.25, 0.3) is 0 Å². The molecule has 1 aromatic heterocycles. The van der Waals surface area contributed by atoms with Crippen molar-refractivity contribution in [3.8, 4) is 5.75 Å². The SMILES string of the molecule is CCCn1ncc(OC)c1C(=O)c1cccc(F)c1N. The predicted octanol–water partition coefficient (Wildman–Crippen LogP) is 2.25. The second-order valence-corrected chi connectivity index (χ2v) is 4.31. The second kappa shape index (κ2) is 5.73. The number of ketones is 1. The Hall–Kier alpha value is -2.37. The predicted molar refractivity (Wildman–Crippen MR) is 73.3 cm³/mol. The first-order valence-electron chi connectivity index (χ1n) is 6.28. The van der Waals surface area contributed by atoms with E-state index in [0.717, 1.165) is 6.42 Å². The first-order chi connectivity index (χ1) is 9.60. The number of nitrogen functional groups attached to an aromatic ring is 1. The molecule has 0 saturated carbocycles. The van der Waals surface area contributed by atoms with Crippen molar-refractivity contribution in [2.45, 2.75) is 19.9 Å². The Balaban J connectivity index is 2.52. The number of hydrogen-bond acceptors (Lipinski definition) is 4. The number of aryl methyl sites for hydroxylation is 1. The van der Waals surface area contributed by atoms with E-state index < -0.39 is 11.6 Å². The van der Waals surface area contributed by atoms with Crippen molar-refractivity contribution in [1.29, 1.82) is 0 Å². The lowest BCUT2D eigenvalue weighted by Crippen LogP contribution is -2.14. The lowest BCUT2D eigenvalue weighted by molar-refractivity contribution is 0.102. The number of hydrogen-bond donors (Lipinski definition) is 1. The highest BCUT2D eigenvalue weighted by molar-refractivity contribution is 6.12. The van der Waals surface area contributed by atoms with Gasteiger partial charge in [-0.25, -0.2) is 4.39 Å². The molecule has 0 aliphatic carbocycles. The summed E-state index contributed by atoms with van der Waals surface area (Å²) in [6, 6.07) is 4.15. The highest BCUT2D eigenvalue weighted by Gasteiger charge is 2.23. The standard InChI is InChI=1S/C14H16FN3O2/c1-3-7-18-13(11(20-2)8-17-18)14(19)9-5-4-6-10(15)12(9)16/h4-6,8H,3,7,16H2,1-2H3. The van der Waals surface area contributed by atoms with Gasteiger partial charge in [-0.2, -0.15) is 5.10 Å². The normalized spacial score (nSPS) is 10.6. The summed E-state index contributed by atoms with van der Waals surface area (Å²) in [5.41, 5.74) is 5.87. The first-order valence-corrected chi connectivity index (χ1v) is 6.28. The number of carbonyl (C=O) groups is 1. The zero-order valence-corrected chi connectivity index (χ0v) is 11.4. The van der Waals surface area contributed by atoms with E-state index in [1.807, 2.05) is 6.92 Å². The molecule has 0 saturated heterocycles. The van der Waals surface area contributed by atoms with E-state index in [1.54, 1.807) is 4.68 Å². The van der Waals surface area contributed by atoms with Gasteiger partial charge >= 0.3 is 0 Å². The minimum Gasteiger partial charge on any atom is -0.493 e. The summed E-state index contributed by atoms with van der Waals surface area (Å²) in [7, 11) is 1.46. The fourth-order valence-corrected chi connectivity index (χ4v) is 1.99. The zero-order chi connectivity index (χ0) is 14.7. The number of anilines is 1. The van der Waals surface area contributed by atoms with Gasteiger partial charge in [0, 0.05) is 6.54 Å². The summed E-state index contributed by atoms with van der Waals surface area (Å²) in [5, 5.41) is 4.11. The first kappa shape index (κ1) is 14.0. The molecule has 5 nitrogen and oxygen atoms in total. The highest BCUT2D eigenvalue weighted by Crippen LogP contribution is 2.25. The molecule has 0 spiro atoms. The molecule has 1 heterocycles. The van der Waals surface area contributed by atoms with Gasteiger partial charge in [0.25, 0.3) is 0 Å². The fourth-order valence-electron chi connectivity index (χ4n) is 1.99. The minimum absolute atomic E-state index is 0.112. The number of para-hydroxylation sites is 1. The van der Waals surface area contributed by atoms with Gasteiger partial charge in [-0.1, -0.05) is 13.0 Å². The number of aromatic nitrogens is 2. The molecule has 20 heavy (non-hydrogen) atoms. The molecule has 2 N–H and O–H groups in total. The van der Waals surface area contributed by atoms with Crippen LogP contribution in [0.5, 0.6) is 5.75 Å². The summed E-state index contributed by atoms with van der Waals surface area (Å²) in [6.07, 6.45) is 2.28. The summed E-state index contributed by atoms with van der Waals surface area (Å²) in [4.78, 5) is 12.6. The van der Waals surface area contributed by atoms with Gasteiger partial charge < -0.3 is 10.5 Å². The largest absolute Gasteiger partial charge is 0.493 e. The van der Waals surface area contributed by atoms with Crippen LogP contribution in [0.2, 0.25) is 0 Å². The second-order valence-electron chi connectivity index (χ2n) is 4.31. The van der Waals surface area contributed by atoms with Crippen LogP contribution in [-0.2, 0) is 6.54 Å². The van der Waals surface area contributed by atoms with E-state index in [9.17, 15) is 9.18 Å². The smallest absolute Gasteiger partial charge is 0.217 e. The summed E-state index contributed by atoms with van der Waals surface area (Å²) >= 11 is 0. The number of nitrogens with two attached hydrogens (primary N) is 1. The molecule has 0 amide bonds. The minimum atomic E-state index is -0.614. The van der Waals surface area contributed by atoms with Crippen molar-refractivity contribution in [2.75, 3.05) is 12.8 Å². The third kappa shape index (κ3) is 2.36. The summed E-state index contributed by atoms with van der Waals surface area (Å²) in [5.74, 6) is -0.659. The molecule has 2 rings (SSSR count). The molecule has 1 aromatic carbocycles. The van der Waals surface area contributed by atoms with Crippen LogP contribution in [0.1, 0.15) is 29.4 Å². The summed E-state index contributed by atoms with van der Waals surface area (Å²) < 4.78 is 20.2. The molecule has 0 radical (unpaired) electrons. The monoisotopic (exact) mass is 277 g/mol. The molecule has 0 atom stereocenters. The Labute approximate surface area is 116 Å². The zero-order valence-electron chi connectivity index (χ0n) is 11.4. The third-order valence-electron chi connectivity index (χ3n) is 2.97. The number of nitrogens with zero attached hydrogens (tertiary/aromatic N) is 2. The van der Waals surface area contributed by atoms with Gasteiger partial charge in [0.1, 0.15) is 5.82 Å². The third-order valence-corrected chi connectivity index (χ3v) is 2.97. The highest BCUT2D eigenvalue weighted by atomic mass is 19.1. The molecule has 0 aliphatic heterocycles. The topological polar surface area (TPSA) is 70.1 Å². The van der Waals surface area contributed by atoms with E-state index in [2.05, 4.69) is 5.10 Å². The van der Waals surface area contributed by atoms with Crippen LogP contribution in [-0.4, -0.2) is 22.7 Å². The van der Waals surface area contributed by atoms with Crippen molar-refractivity contribution in [3.05, 3.63) is 41.5 Å². The molecule has 0 bridgehead atoms. The van der Waals surface area contributed by atoms with Crippen molar-refractivity contribution in [2.24, 2.45) is 0 Å². The van der Waals surface area contributed by atoms with Crippen LogP contribution >= 0.6 is 0 Å². The van der Waals surface area contributed by atoms with Crippen LogP contribution < -0.4 is 10.5 Å².